The summed E-state index contributed by atoms with van der Waals surface area (Å²) in [5.74, 6) is 0. The Balaban J connectivity index is 2.89. The maximum atomic E-state index is 5.83. The second-order valence-corrected chi connectivity index (χ2v) is 3.34. The van der Waals surface area contributed by atoms with E-state index >= 15 is 0 Å². The van der Waals surface area contributed by atoms with E-state index in [1.54, 1.807) is 0 Å². The van der Waals surface area contributed by atoms with Crippen LogP contribution in [0.15, 0.2) is 12.4 Å². The van der Waals surface area contributed by atoms with E-state index < -0.39 is 0 Å². The molecule has 0 aliphatic rings. The highest BCUT2D eigenvalue weighted by Crippen LogP contribution is 2.21. The molecule has 0 atom stereocenters. The summed E-state index contributed by atoms with van der Waals surface area (Å²) in [6, 6.07) is 1.83. The maximum absolute atomic E-state index is 5.83. The first kappa shape index (κ1) is 8.66. The molecule has 2 heterocycles. The van der Waals surface area contributed by atoms with Crippen molar-refractivity contribution >= 4 is 34.2 Å². The summed E-state index contributed by atoms with van der Waals surface area (Å²) in [5.41, 5.74) is 2.13. The Hall–Kier alpha value is -0.930. The Morgan fingerprint density at radius 2 is 1.92 bits per heavy atom. The lowest BCUT2D eigenvalue weighted by molar-refractivity contribution is 1.19. The molecule has 0 aliphatic heterocycles. The second-order valence-electron chi connectivity index (χ2n) is 2.63. The Labute approximate surface area is 84.7 Å². The van der Waals surface area contributed by atoms with Gasteiger partial charge in [-0.05, 0) is 18.6 Å². The minimum absolute atomic E-state index is 0.326. The van der Waals surface area contributed by atoms with Crippen LogP contribution in [0.3, 0.4) is 0 Å². The zero-order valence-corrected chi connectivity index (χ0v) is 8.26. The molecule has 0 saturated carbocycles. The van der Waals surface area contributed by atoms with Gasteiger partial charge in [0.25, 0.3) is 0 Å². The van der Waals surface area contributed by atoms with E-state index in [9.17, 15) is 0 Å². The molecule has 0 fully saturated rings. The van der Waals surface area contributed by atoms with Crippen LogP contribution in [0, 0.1) is 6.92 Å². The minimum atomic E-state index is 0.326. The van der Waals surface area contributed by atoms with Gasteiger partial charge in [0.15, 0.2) is 5.15 Å². The minimum Gasteiger partial charge on any atom is -0.235 e. The maximum Gasteiger partial charge on any atom is 0.158 e. The summed E-state index contributed by atoms with van der Waals surface area (Å²) in [4.78, 5) is 11.9. The molecule has 0 unspecified atom stereocenters. The fraction of sp³-hybridized carbons (Fsp3) is 0.125. The Morgan fingerprint density at radius 3 is 2.69 bits per heavy atom. The molecule has 0 saturated heterocycles. The van der Waals surface area contributed by atoms with Crippen LogP contribution in [0.25, 0.3) is 11.0 Å². The molecule has 2 aromatic heterocycles. The van der Waals surface area contributed by atoms with Gasteiger partial charge in [0.1, 0.15) is 17.0 Å². The molecule has 0 amide bonds. The monoisotopic (exact) mass is 213 g/mol. The van der Waals surface area contributed by atoms with Crippen molar-refractivity contribution in [3.63, 3.8) is 0 Å². The summed E-state index contributed by atoms with van der Waals surface area (Å²) in [6.45, 7) is 1.87. The predicted octanol–water partition coefficient (Wildman–Crippen LogP) is 2.64. The lowest BCUT2D eigenvalue weighted by Crippen LogP contribution is -1.89. The third-order valence-corrected chi connectivity index (χ3v) is 2.35. The number of pyridine rings is 1. The van der Waals surface area contributed by atoms with Crippen molar-refractivity contribution in [2.45, 2.75) is 6.92 Å². The number of hydrogen-bond acceptors (Lipinski definition) is 3. The molecule has 0 spiro atoms. The average Bonchev–Trinajstić information content (AvgIpc) is 2.09. The van der Waals surface area contributed by atoms with Crippen LogP contribution < -0.4 is 0 Å². The largest absolute Gasteiger partial charge is 0.235 e. The number of halogens is 2. The summed E-state index contributed by atoms with van der Waals surface area (Å²) in [6.07, 6.45) is 1.40. The van der Waals surface area contributed by atoms with Crippen LogP contribution >= 0.6 is 23.2 Å². The van der Waals surface area contributed by atoms with E-state index in [0.717, 1.165) is 5.56 Å². The van der Waals surface area contributed by atoms with Gasteiger partial charge in [-0.15, -0.1) is 0 Å². The van der Waals surface area contributed by atoms with Gasteiger partial charge in [-0.1, -0.05) is 23.2 Å². The van der Waals surface area contributed by atoms with Gasteiger partial charge in [0, 0.05) is 0 Å². The molecular formula is C8H5Cl2N3. The van der Waals surface area contributed by atoms with Crippen molar-refractivity contribution in [3.05, 3.63) is 28.3 Å². The molecule has 0 aromatic carbocycles. The molecule has 0 radical (unpaired) electrons. The normalized spacial score (nSPS) is 10.7. The number of nitrogens with zero attached hydrogens (tertiary/aromatic N) is 3. The van der Waals surface area contributed by atoms with Crippen molar-refractivity contribution in [2.75, 3.05) is 0 Å². The van der Waals surface area contributed by atoms with E-state index in [1.807, 2.05) is 13.0 Å². The number of fused-ring (bicyclic) bond motifs is 1. The summed E-state index contributed by atoms with van der Waals surface area (Å²) < 4.78 is 0. The molecule has 0 aliphatic carbocycles. The topological polar surface area (TPSA) is 38.7 Å². The quantitative estimate of drug-likeness (QED) is 0.499. The first-order valence-corrected chi connectivity index (χ1v) is 4.37. The first-order chi connectivity index (χ1) is 6.18. The third kappa shape index (κ3) is 1.45. The molecule has 66 valence electrons. The molecule has 0 bridgehead atoms. The van der Waals surface area contributed by atoms with E-state index in [2.05, 4.69) is 15.0 Å². The number of rotatable bonds is 0. The molecule has 0 N–H and O–H groups in total. The summed E-state index contributed by atoms with van der Waals surface area (Å²) in [5, 5.41) is 0.760. The molecular weight excluding hydrogens is 209 g/mol. The Kier molecular flexibility index (Phi) is 2.06. The molecule has 5 heteroatoms. The summed E-state index contributed by atoms with van der Waals surface area (Å²) in [7, 11) is 0. The number of hydrogen-bond donors (Lipinski definition) is 0. The zero-order chi connectivity index (χ0) is 9.42. The van der Waals surface area contributed by atoms with Gasteiger partial charge in [-0.3, -0.25) is 0 Å². The number of aromatic nitrogens is 3. The Morgan fingerprint density at radius 1 is 1.15 bits per heavy atom. The van der Waals surface area contributed by atoms with E-state index in [4.69, 9.17) is 23.2 Å². The van der Waals surface area contributed by atoms with Gasteiger partial charge in [-0.25, -0.2) is 15.0 Å². The SMILES string of the molecule is Cc1cc2ncnc(Cl)c2nc1Cl. The highest BCUT2D eigenvalue weighted by atomic mass is 35.5. The number of aryl methyl sites for hydroxylation is 1. The van der Waals surface area contributed by atoms with Crippen LogP contribution in [-0.2, 0) is 0 Å². The highest BCUT2D eigenvalue weighted by Gasteiger charge is 2.05. The van der Waals surface area contributed by atoms with E-state index in [1.165, 1.54) is 6.33 Å². The molecule has 3 nitrogen and oxygen atoms in total. The highest BCUT2D eigenvalue weighted by molar-refractivity contribution is 6.34. The van der Waals surface area contributed by atoms with Crippen LogP contribution in [0.2, 0.25) is 10.3 Å². The predicted molar refractivity (Wildman–Crippen MR) is 52.1 cm³/mol. The van der Waals surface area contributed by atoms with Gasteiger partial charge >= 0.3 is 0 Å². The first-order valence-electron chi connectivity index (χ1n) is 3.62. The van der Waals surface area contributed by atoms with Crippen molar-refractivity contribution < 1.29 is 0 Å². The lowest BCUT2D eigenvalue weighted by atomic mass is 10.3. The van der Waals surface area contributed by atoms with Crippen molar-refractivity contribution in [1.82, 2.24) is 15.0 Å². The Bertz CT molecular complexity index is 470. The molecule has 2 aromatic rings. The standard InChI is InChI=1S/C8H5Cl2N3/c1-4-2-5-6(13-7(4)9)8(10)12-3-11-5/h2-3H,1H3. The molecule has 2 rings (SSSR count). The fourth-order valence-electron chi connectivity index (χ4n) is 1.03. The van der Waals surface area contributed by atoms with E-state index in [0.29, 0.717) is 21.3 Å². The lowest BCUT2D eigenvalue weighted by Gasteiger charge is -2.00. The van der Waals surface area contributed by atoms with Crippen molar-refractivity contribution in [1.29, 1.82) is 0 Å². The van der Waals surface area contributed by atoms with Crippen LogP contribution in [0.5, 0.6) is 0 Å². The van der Waals surface area contributed by atoms with Gasteiger partial charge < -0.3 is 0 Å². The smallest absolute Gasteiger partial charge is 0.158 e. The summed E-state index contributed by atoms with van der Waals surface area (Å²) >= 11 is 11.6. The van der Waals surface area contributed by atoms with Gasteiger partial charge in [-0.2, -0.15) is 0 Å². The van der Waals surface area contributed by atoms with Gasteiger partial charge in [0.2, 0.25) is 0 Å². The van der Waals surface area contributed by atoms with E-state index in [-0.39, 0.29) is 0 Å². The molecule has 13 heavy (non-hydrogen) atoms. The zero-order valence-electron chi connectivity index (χ0n) is 6.75. The van der Waals surface area contributed by atoms with Crippen molar-refractivity contribution in [3.8, 4) is 0 Å². The van der Waals surface area contributed by atoms with Crippen LogP contribution in [-0.4, -0.2) is 15.0 Å². The van der Waals surface area contributed by atoms with Crippen LogP contribution in [0.4, 0.5) is 0 Å². The second kappa shape index (κ2) is 3.09. The fourth-order valence-corrected chi connectivity index (χ4v) is 1.35. The van der Waals surface area contributed by atoms with Gasteiger partial charge in [0.05, 0.1) is 5.52 Å². The van der Waals surface area contributed by atoms with Crippen molar-refractivity contribution in [2.24, 2.45) is 0 Å². The third-order valence-electron chi connectivity index (χ3n) is 1.69. The average molecular weight is 214 g/mol. The van der Waals surface area contributed by atoms with Crippen LogP contribution in [0.1, 0.15) is 5.56 Å².